The molecular weight excluding hydrogens is 354 g/mol. The van der Waals surface area contributed by atoms with Crippen molar-refractivity contribution in [3.63, 3.8) is 0 Å². The highest BCUT2D eigenvalue weighted by Crippen LogP contribution is 2.38. The molecule has 4 nitrogen and oxygen atoms in total. The molecule has 0 amide bonds. The van der Waals surface area contributed by atoms with Gasteiger partial charge in [-0.3, -0.25) is 4.99 Å². The van der Waals surface area contributed by atoms with Crippen LogP contribution < -0.4 is 5.32 Å². The Balaban J connectivity index is 1.69. The quantitative estimate of drug-likeness (QED) is 0.621. The SMILES string of the molecule is CCNC(=NCC(SC)c1cccc(Cl)c1)N1CCC2(CCOC2)C1. The van der Waals surface area contributed by atoms with Crippen LogP contribution in [0.5, 0.6) is 0 Å². The minimum atomic E-state index is 0.318. The van der Waals surface area contributed by atoms with Gasteiger partial charge in [0.15, 0.2) is 5.96 Å². The van der Waals surface area contributed by atoms with Crippen LogP contribution in [0.1, 0.15) is 30.6 Å². The van der Waals surface area contributed by atoms with Crippen molar-refractivity contribution >= 4 is 29.3 Å². The second-order valence-corrected chi connectivity index (χ2v) is 8.42. The number of thioether (sulfide) groups is 1. The third kappa shape index (κ3) is 4.63. The first kappa shape index (κ1) is 18.9. The molecule has 2 atom stereocenters. The molecule has 3 rings (SSSR count). The molecule has 1 N–H and O–H groups in total. The van der Waals surface area contributed by atoms with Crippen molar-refractivity contribution < 1.29 is 4.74 Å². The first-order valence-corrected chi connectivity index (χ1v) is 10.7. The molecule has 0 radical (unpaired) electrons. The first-order chi connectivity index (χ1) is 12.2. The Hall–Kier alpha value is -0.910. The van der Waals surface area contributed by atoms with Crippen LogP contribution >= 0.6 is 23.4 Å². The van der Waals surface area contributed by atoms with Gasteiger partial charge in [0.25, 0.3) is 0 Å². The summed E-state index contributed by atoms with van der Waals surface area (Å²) in [4.78, 5) is 7.36. The zero-order chi connectivity index (χ0) is 17.7. The molecule has 1 spiro atoms. The Morgan fingerprint density at radius 2 is 2.36 bits per heavy atom. The predicted molar refractivity (Wildman–Crippen MR) is 108 cm³/mol. The molecule has 25 heavy (non-hydrogen) atoms. The molecule has 2 aliphatic heterocycles. The van der Waals surface area contributed by atoms with E-state index in [0.717, 1.165) is 50.4 Å². The van der Waals surface area contributed by atoms with Crippen LogP contribution in [0.2, 0.25) is 5.02 Å². The Morgan fingerprint density at radius 3 is 3.04 bits per heavy atom. The number of halogens is 1. The molecule has 0 aromatic heterocycles. The second-order valence-electron chi connectivity index (χ2n) is 6.95. The van der Waals surface area contributed by atoms with E-state index >= 15 is 0 Å². The van der Waals surface area contributed by atoms with E-state index in [1.165, 1.54) is 18.4 Å². The highest BCUT2D eigenvalue weighted by molar-refractivity contribution is 7.98. The van der Waals surface area contributed by atoms with Crippen molar-refractivity contribution in [2.24, 2.45) is 10.4 Å². The molecule has 1 aromatic rings. The molecule has 0 bridgehead atoms. The molecule has 2 unspecified atom stereocenters. The third-order valence-electron chi connectivity index (χ3n) is 5.17. The van der Waals surface area contributed by atoms with Crippen molar-refractivity contribution in [3.8, 4) is 0 Å². The van der Waals surface area contributed by atoms with E-state index in [1.807, 2.05) is 30.0 Å². The van der Waals surface area contributed by atoms with Crippen molar-refractivity contribution in [1.82, 2.24) is 10.2 Å². The van der Waals surface area contributed by atoms with Gasteiger partial charge in [0, 0.05) is 41.9 Å². The van der Waals surface area contributed by atoms with Crippen molar-refractivity contribution in [2.75, 3.05) is 45.6 Å². The smallest absolute Gasteiger partial charge is 0.193 e. The second kappa shape index (κ2) is 8.65. The average Bonchev–Trinajstić information content (AvgIpc) is 3.25. The highest BCUT2D eigenvalue weighted by Gasteiger charge is 2.42. The van der Waals surface area contributed by atoms with Crippen LogP contribution in [0.4, 0.5) is 0 Å². The van der Waals surface area contributed by atoms with E-state index in [9.17, 15) is 0 Å². The number of guanidine groups is 1. The fraction of sp³-hybridized carbons (Fsp3) is 0.632. The minimum Gasteiger partial charge on any atom is -0.381 e. The molecule has 0 saturated carbocycles. The lowest BCUT2D eigenvalue weighted by atomic mass is 9.87. The van der Waals surface area contributed by atoms with E-state index < -0.39 is 0 Å². The summed E-state index contributed by atoms with van der Waals surface area (Å²) < 4.78 is 5.65. The molecule has 138 valence electrons. The molecule has 2 aliphatic rings. The topological polar surface area (TPSA) is 36.9 Å². The van der Waals surface area contributed by atoms with Gasteiger partial charge in [-0.15, -0.1) is 0 Å². The minimum absolute atomic E-state index is 0.318. The largest absolute Gasteiger partial charge is 0.381 e. The van der Waals surface area contributed by atoms with Gasteiger partial charge in [0.05, 0.1) is 13.2 Å². The lowest BCUT2D eigenvalue weighted by Gasteiger charge is -2.25. The maximum absolute atomic E-state index is 6.15. The van der Waals surface area contributed by atoms with E-state index in [0.29, 0.717) is 10.7 Å². The Labute approximate surface area is 160 Å². The van der Waals surface area contributed by atoms with Crippen LogP contribution in [-0.4, -0.2) is 56.5 Å². The van der Waals surface area contributed by atoms with Crippen LogP contribution in [0.15, 0.2) is 29.3 Å². The summed E-state index contributed by atoms with van der Waals surface area (Å²) in [7, 11) is 0. The Kier molecular flexibility index (Phi) is 6.53. The summed E-state index contributed by atoms with van der Waals surface area (Å²) in [6, 6.07) is 8.12. The maximum Gasteiger partial charge on any atom is 0.193 e. The summed E-state index contributed by atoms with van der Waals surface area (Å²) in [5.74, 6) is 1.03. The maximum atomic E-state index is 6.15. The number of nitrogens with zero attached hydrogens (tertiary/aromatic N) is 2. The number of likely N-dealkylation sites (tertiary alicyclic amines) is 1. The average molecular weight is 382 g/mol. The number of nitrogens with one attached hydrogen (secondary N) is 1. The summed E-state index contributed by atoms with van der Waals surface area (Å²) in [5.41, 5.74) is 1.59. The molecule has 2 heterocycles. The van der Waals surface area contributed by atoms with Crippen LogP contribution in [0.3, 0.4) is 0 Å². The predicted octanol–water partition coefficient (Wildman–Crippen LogP) is 3.82. The van der Waals surface area contributed by atoms with Gasteiger partial charge in [-0.1, -0.05) is 23.7 Å². The summed E-state index contributed by atoms with van der Waals surface area (Å²) in [6.07, 6.45) is 4.52. The van der Waals surface area contributed by atoms with Crippen molar-refractivity contribution in [2.45, 2.75) is 25.0 Å². The van der Waals surface area contributed by atoms with Gasteiger partial charge in [-0.2, -0.15) is 11.8 Å². The van der Waals surface area contributed by atoms with Gasteiger partial charge in [0.1, 0.15) is 0 Å². The number of aliphatic imine (C=N–C) groups is 1. The van der Waals surface area contributed by atoms with Gasteiger partial charge in [-0.25, -0.2) is 0 Å². The molecule has 1 aromatic carbocycles. The van der Waals surface area contributed by atoms with Gasteiger partial charge in [0.2, 0.25) is 0 Å². The summed E-state index contributed by atoms with van der Waals surface area (Å²) in [6.45, 7) is 7.70. The van der Waals surface area contributed by atoms with E-state index in [-0.39, 0.29) is 0 Å². The normalized spacial score (nSPS) is 24.9. The van der Waals surface area contributed by atoms with Crippen molar-refractivity contribution in [1.29, 1.82) is 0 Å². The number of ether oxygens (including phenoxy) is 1. The molecule has 6 heteroatoms. The molecule has 2 fully saturated rings. The number of rotatable bonds is 5. The molecular formula is C19H28ClN3OS. The number of benzene rings is 1. The van der Waals surface area contributed by atoms with Crippen molar-refractivity contribution in [3.05, 3.63) is 34.9 Å². The lowest BCUT2D eigenvalue weighted by molar-refractivity contribution is 0.156. The van der Waals surface area contributed by atoms with Crippen LogP contribution in [-0.2, 0) is 4.74 Å². The van der Waals surface area contributed by atoms with Crippen LogP contribution in [0.25, 0.3) is 0 Å². The Bertz CT molecular complexity index is 604. The Morgan fingerprint density at radius 1 is 1.48 bits per heavy atom. The van der Waals surface area contributed by atoms with E-state index in [1.54, 1.807) is 0 Å². The zero-order valence-electron chi connectivity index (χ0n) is 15.1. The fourth-order valence-corrected chi connectivity index (χ4v) is 4.55. The monoisotopic (exact) mass is 381 g/mol. The van der Waals surface area contributed by atoms with Gasteiger partial charge >= 0.3 is 0 Å². The van der Waals surface area contributed by atoms with Crippen LogP contribution in [0, 0.1) is 5.41 Å². The van der Waals surface area contributed by atoms with Gasteiger partial charge in [-0.05, 0) is 43.7 Å². The third-order valence-corrected chi connectivity index (χ3v) is 6.39. The van der Waals surface area contributed by atoms with E-state index in [4.69, 9.17) is 21.3 Å². The zero-order valence-corrected chi connectivity index (χ0v) is 16.7. The standard InChI is InChI=1S/C19H28ClN3OS/c1-3-21-18(23-9-7-19(13-23)8-10-24-14-19)22-12-17(25-2)15-5-4-6-16(20)11-15/h4-6,11,17H,3,7-10,12-14H2,1-2H3,(H,21,22). The highest BCUT2D eigenvalue weighted by atomic mass is 35.5. The number of hydrogen-bond donors (Lipinski definition) is 1. The number of hydrogen-bond acceptors (Lipinski definition) is 3. The lowest BCUT2D eigenvalue weighted by Crippen LogP contribution is -2.41. The first-order valence-electron chi connectivity index (χ1n) is 9.05. The fourth-order valence-electron chi connectivity index (χ4n) is 3.71. The summed E-state index contributed by atoms with van der Waals surface area (Å²) >= 11 is 7.97. The molecule has 0 aliphatic carbocycles. The summed E-state index contributed by atoms with van der Waals surface area (Å²) in [5, 5.41) is 4.58. The van der Waals surface area contributed by atoms with E-state index in [2.05, 4.69) is 29.5 Å². The molecule has 2 saturated heterocycles. The van der Waals surface area contributed by atoms with Gasteiger partial charge < -0.3 is 15.0 Å².